The maximum Gasteiger partial charge on any atom is 0.269 e. The molecule has 6 nitrogen and oxygen atoms in total. The van der Waals surface area contributed by atoms with Crippen molar-refractivity contribution < 1.29 is 4.92 Å². The molecular formula is C14H16N4O2S. The normalized spacial score (nSPS) is 10.4. The highest BCUT2D eigenvalue weighted by atomic mass is 32.2. The molecule has 0 aliphatic carbocycles. The summed E-state index contributed by atoms with van der Waals surface area (Å²) < 4.78 is 0. The summed E-state index contributed by atoms with van der Waals surface area (Å²) >= 11 is 1.46. The first kappa shape index (κ1) is 15.2. The Balaban J connectivity index is 2.14. The summed E-state index contributed by atoms with van der Waals surface area (Å²) in [6.07, 6.45) is 1.02. The first-order chi connectivity index (χ1) is 10.1. The molecule has 0 atom stereocenters. The average Bonchev–Trinajstić information content (AvgIpc) is 2.45. The lowest BCUT2D eigenvalue weighted by atomic mass is 10.3. The third-order valence-corrected chi connectivity index (χ3v) is 3.57. The van der Waals surface area contributed by atoms with Gasteiger partial charge in [0.25, 0.3) is 5.69 Å². The monoisotopic (exact) mass is 304 g/mol. The second-order valence-corrected chi connectivity index (χ2v) is 5.51. The topological polar surface area (TPSA) is 81.0 Å². The van der Waals surface area contributed by atoms with Gasteiger partial charge in [-0.25, -0.2) is 9.97 Å². The van der Waals surface area contributed by atoms with E-state index in [2.05, 4.69) is 22.2 Å². The van der Waals surface area contributed by atoms with Crippen molar-refractivity contribution in [3.8, 4) is 0 Å². The fourth-order valence-corrected chi connectivity index (χ4v) is 2.55. The van der Waals surface area contributed by atoms with E-state index in [0.29, 0.717) is 5.82 Å². The number of nitrogens with zero attached hydrogens (tertiary/aromatic N) is 3. The van der Waals surface area contributed by atoms with Crippen LogP contribution in [0.5, 0.6) is 0 Å². The Morgan fingerprint density at radius 3 is 2.62 bits per heavy atom. The minimum Gasteiger partial charge on any atom is -0.370 e. The minimum absolute atomic E-state index is 0.0866. The molecule has 0 spiro atoms. The number of aromatic nitrogens is 2. The van der Waals surface area contributed by atoms with Crippen molar-refractivity contribution in [1.82, 2.24) is 9.97 Å². The first-order valence-electron chi connectivity index (χ1n) is 6.60. The van der Waals surface area contributed by atoms with Crippen LogP contribution in [0, 0.1) is 17.0 Å². The zero-order valence-corrected chi connectivity index (χ0v) is 12.7. The number of rotatable bonds is 6. The van der Waals surface area contributed by atoms with E-state index in [9.17, 15) is 10.1 Å². The van der Waals surface area contributed by atoms with Gasteiger partial charge in [0.15, 0.2) is 0 Å². The van der Waals surface area contributed by atoms with E-state index >= 15 is 0 Å². The van der Waals surface area contributed by atoms with Crippen molar-refractivity contribution in [2.75, 3.05) is 11.9 Å². The lowest BCUT2D eigenvalue weighted by Crippen LogP contribution is -2.04. The molecule has 1 N–H and O–H groups in total. The predicted octanol–water partition coefficient (Wildman–Crippen LogP) is 3.67. The van der Waals surface area contributed by atoms with Gasteiger partial charge in [-0.2, -0.15) is 0 Å². The fraction of sp³-hybridized carbons (Fsp3) is 0.286. The van der Waals surface area contributed by atoms with E-state index < -0.39 is 4.92 Å². The van der Waals surface area contributed by atoms with Gasteiger partial charge in [0.2, 0.25) is 0 Å². The molecule has 0 aliphatic rings. The summed E-state index contributed by atoms with van der Waals surface area (Å²) in [5.41, 5.74) is 0.0866. The standard InChI is InChI=1S/C14H16N4O2S/c1-3-8-15-13-9-14(17-10(2)16-13)21-12-6-4-11(5-7-12)18(19)20/h4-7,9H,3,8H2,1-2H3,(H,15,16,17). The maximum absolute atomic E-state index is 10.6. The van der Waals surface area contributed by atoms with Crippen molar-refractivity contribution in [3.63, 3.8) is 0 Å². The van der Waals surface area contributed by atoms with Gasteiger partial charge in [-0.05, 0) is 25.5 Å². The summed E-state index contributed by atoms with van der Waals surface area (Å²) in [6, 6.07) is 8.31. The third-order valence-electron chi connectivity index (χ3n) is 2.64. The van der Waals surface area contributed by atoms with Crippen LogP contribution < -0.4 is 5.32 Å². The lowest BCUT2D eigenvalue weighted by Gasteiger charge is -2.07. The minimum atomic E-state index is -0.407. The molecule has 0 fully saturated rings. The maximum atomic E-state index is 10.6. The van der Waals surface area contributed by atoms with E-state index in [-0.39, 0.29) is 5.69 Å². The van der Waals surface area contributed by atoms with Gasteiger partial charge >= 0.3 is 0 Å². The molecule has 21 heavy (non-hydrogen) atoms. The van der Waals surface area contributed by atoms with Gasteiger partial charge in [0.1, 0.15) is 16.7 Å². The van der Waals surface area contributed by atoms with Crippen LogP contribution >= 0.6 is 11.8 Å². The number of benzene rings is 1. The summed E-state index contributed by atoms with van der Waals surface area (Å²) in [5, 5.41) is 14.7. The van der Waals surface area contributed by atoms with Crippen LogP contribution in [0.4, 0.5) is 11.5 Å². The summed E-state index contributed by atoms with van der Waals surface area (Å²) in [5.74, 6) is 1.49. The smallest absolute Gasteiger partial charge is 0.269 e. The van der Waals surface area contributed by atoms with Crippen LogP contribution in [0.1, 0.15) is 19.2 Å². The van der Waals surface area contributed by atoms with Gasteiger partial charge < -0.3 is 5.32 Å². The Bertz CT molecular complexity index is 631. The van der Waals surface area contributed by atoms with Crippen molar-refractivity contribution in [2.24, 2.45) is 0 Å². The lowest BCUT2D eigenvalue weighted by molar-refractivity contribution is -0.384. The number of hydrogen-bond acceptors (Lipinski definition) is 6. The largest absolute Gasteiger partial charge is 0.370 e. The number of aryl methyl sites for hydroxylation is 1. The summed E-state index contributed by atoms with van der Waals surface area (Å²) in [6.45, 7) is 4.79. The predicted molar refractivity (Wildman–Crippen MR) is 82.8 cm³/mol. The third kappa shape index (κ3) is 4.42. The molecule has 7 heteroatoms. The van der Waals surface area contributed by atoms with Crippen LogP contribution in [0.25, 0.3) is 0 Å². The second-order valence-electron chi connectivity index (χ2n) is 4.42. The molecule has 0 saturated heterocycles. The van der Waals surface area contributed by atoms with Crippen LogP contribution in [0.3, 0.4) is 0 Å². The Hall–Kier alpha value is -2.15. The van der Waals surface area contributed by atoms with Crippen LogP contribution in [-0.2, 0) is 0 Å². The molecule has 1 aromatic carbocycles. The molecule has 0 amide bonds. The van der Waals surface area contributed by atoms with Gasteiger partial charge in [-0.1, -0.05) is 18.7 Å². The molecule has 1 aromatic heterocycles. The number of nitro groups is 1. The number of nitrogens with one attached hydrogen (secondary N) is 1. The summed E-state index contributed by atoms with van der Waals surface area (Å²) in [4.78, 5) is 19.8. The fourth-order valence-electron chi connectivity index (χ4n) is 1.69. The number of nitro benzene ring substituents is 1. The zero-order valence-electron chi connectivity index (χ0n) is 11.9. The SMILES string of the molecule is CCCNc1cc(Sc2ccc([N+](=O)[O-])cc2)nc(C)n1. The summed E-state index contributed by atoms with van der Waals surface area (Å²) in [7, 11) is 0. The van der Waals surface area contributed by atoms with Crippen LogP contribution in [0.15, 0.2) is 40.3 Å². The molecule has 0 bridgehead atoms. The second kappa shape index (κ2) is 7.03. The molecule has 2 aromatic rings. The van der Waals surface area contributed by atoms with Crippen molar-refractivity contribution in [2.45, 2.75) is 30.2 Å². The molecule has 0 saturated carbocycles. The highest BCUT2D eigenvalue weighted by molar-refractivity contribution is 7.99. The zero-order chi connectivity index (χ0) is 15.2. The van der Waals surface area contributed by atoms with Crippen LogP contribution in [0.2, 0.25) is 0 Å². The van der Waals surface area contributed by atoms with Gasteiger partial charge in [0, 0.05) is 29.6 Å². The molecule has 1 heterocycles. The van der Waals surface area contributed by atoms with E-state index in [1.807, 2.05) is 13.0 Å². The Morgan fingerprint density at radius 1 is 1.29 bits per heavy atom. The molecule has 2 rings (SSSR count). The van der Waals surface area contributed by atoms with E-state index in [1.54, 1.807) is 12.1 Å². The highest BCUT2D eigenvalue weighted by Gasteiger charge is 2.07. The number of non-ortho nitro benzene ring substituents is 1. The van der Waals surface area contributed by atoms with E-state index in [0.717, 1.165) is 28.7 Å². The Kier molecular flexibility index (Phi) is 5.10. The van der Waals surface area contributed by atoms with Crippen molar-refractivity contribution >= 4 is 23.3 Å². The number of anilines is 1. The van der Waals surface area contributed by atoms with Crippen LogP contribution in [-0.4, -0.2) is 21.4 Å². The van der Waals surface area contributed by atoms with Gasteiger partial charge in [-0.3, -0.25) is 10.1 Å². The van der Waals surface area contributed by atoms with E-state index in [1.165, 1.54) is 23.9 Å². The first-order valence-corrected chi connectivity index (χ1v) is 7.42. The molecule has 110 valence electrons. The molecular weight excluding hydrogens is 288 g/mol. The highest BCUT2D eigenvalue weighted by Crippen LogP contribution is 2.28. The van der Waals surface area contributed by atoms with Crippen molar-refractivity contribution in [1.29, 1.82) is 0 Å². The van der Waals surface area contributed by atoms with Gasteiger partial charge in [-0.15, -0.1) is 0 Å². The van der Waals surface area contributed by atoms with E-state index in [4.69, 9.17) is 0 Å². The Labute approximate surface area is 127 Å². The molecule has 0 radical (unpaired) electrons. The van der Waals surface area contributed by atoms with Gasteiger partial charge in [0.05, 0.1) is 4.92 Å². The molecule has 0 aliphatic heterocycles. The Morgan fingerprint density at radius 2 is 2.00 bits per heavy atom. The quantitative estimate of drug-likeness (QED) is 0.498. The average molecular weight is 304 g/mol. The van der Waals surface area contributed by atoms with Crippen molar-refractivity contribution in [3.05, 3.63) is 46.3 Å². The molecule has 0 unspecified atom stereocenters. The number of hydrogen-bond donors (Lipinski definition) is 1.